The number of benzene rings is 2. The SMILES string of the molecule is COC(=O)[C@@H]1CC(O)(c2ccccc2)CN1C(=O)OC(C)(C)C.COC(=O)[C@@H]1C[C@H](c2ccccc2)CN1. The first-order valence-corrected chi connectivity index (χ1v) is 12.7. The van der Waals surface area contributed by atoms with E-state index in [1.54, 1.807) is 45.0 Å². The van der Waals surface area contributed by atoms with Gasteiger partial charge in [0.15, 0.2) is 0 Å². The van der Waals surface area contributed by atoms with Crippen LogP contribution in [0, 0.1) is 0 Å². The molecular formula is C29H38N2O7. The number of hydrogen-bond donors (Lipinski definition) is 2. The maximum absolute atomic E-state index is 12.4. The third kappa shape index (κ3) is 7.33. The number of carbonyl (C=O) groups excluding carboxylic acids is 3. The number of nitrogens with one attached hydrogen (secondary N) is 1. The fourth-order valence-electron chi connectivity index (χ4n) is 4.74. The summed E-state index contributed by atoms with van der Waals surface area (Å²) in [6, 6.07) is 18.2. The van der Waals surface area contributed by atoms with E-state index in [0.29, 0.717) is 11.5 Å². The van der Waals surface area contributed by atoms with E-state index in [1.165, 1.54) is 24.7 Å². The van der Waals surface area contributed by atoms with E-state index in [-0.39, 0.29) is 25.0 Å². The molecule has 206 valence electrons. The second-order valence-corrected chi connectivity index (χ2v) is 10.6. The molecule has 9 heteroatoms. The van der Waals surface area contributed by atoms with Gasteiger partial charge in [-0.2, -0.15) is 0 Å². The molecule has 4 atom stereocenters. The molecule has 2 N–H and O–H groups in total. The van der Waals surface area contributed by atoms with Crippen LogP contribution in [-0.4, -0.2) is 73.0 Å². The fraction of sp³-hybridized carbons (Fsp3) is 0.483. The topological polar surface area (TPSA) is 114 Å². The molecule has 0 spiro atoms. The van der Waals surface area contributed by atoms with Crippen LogP contribution >= 0.6 is 0 Å². The maximum Gasteiger partial charge on any atom is 0.411 e. The summed E-state index contributed by atoms with van der Waals surface area (Å²) < 4.78 is 14.8. The average molecular weight is 527 g/mol. The minimum Gasteiger partial charge on any atom is -0.468 e. The summed E-state index contributed by atoms with van der Waals surface area (Å²) >= 11 is 0. The van der Waals surface area contributed by atoms with E-state index in [9.17, 15) is 19.5 Å². The highest BCUT2D eigenvalue weighted by atomic mass is 16.6. The lowest BCUT2D eigenvalue weighted by Crippen LogP contribution is -2.44. The molecule has 2 aliphatic rings. The lowest BCUT2D eigenvalue weighted by molar-refractivity contribution is -0.146. The number of nitrogens with zero attached hydrogens (tertiary/aromatic N) is 1. The number of aliphatic hydroxyl groups is 1. The highest BCUT2D eigenvalue weighted by Crippen LogP contribution is 2.37. The average Bonchev–Trinajstić information content (AvgIpc) is 3.54. The van der Waals surface area contributed by atoms with Gasteiger partial charge in [0, 0.05) is 13.0 Å². The van der Waals surface area contributed by atoms with Gasteiger partial charge in [0.1, 0.15) is 23.3 Å². The first kappa shape index (κ1) is 29.1. The Hall–Kier alpha value is -3.43. The quantitative estimate of drug-likeness (QED) is 0.461. The fourth-order valence-corrected chi connectivity index (χ4v) is 4.74. The van der Waals surface area contributed by atoms with Crippen molar-refractivity contribution in [1.29, 1.82) is 0 Å². The van der Waals surface area contributed by atoms with Crippen LogP contribution in [-0.2, 0) is 29.4 Å². The summed E-state index contributed by atoms with van der Waals surface area (Å²) in [6.07, 6.45) is 0.263. The Bertz CT molecular complexity index is 1090. The van der Waals surface area contributed by atoms with Crippen molar-refractivity contribution in [3.8, 4) is 0 Å². The second-order valence-electron chi connectivity index (χ2n) is 10.6. The van der Waals surface area contributed by atoms with E-state index < -0.39 is 29.3 Å². The molecule has 2 fully saturated rings. The third-order valence-corrected chi connectivity index (χ3v) is 6.64. The van der Waals surface area contributed by atoms with E-state index in [0.717, 1.165) is 13.0 Å². The molecule has 1 unspecified atom stereocenters. The van der Waals surface area contributed by atoms with Gasteiger partial charge in [0.2, 0.25) is 0 Å². The van der Waals surface area contributed by atoms with Crippen molar-refractivity contribution in [2.45, 2.75) is 62.8 Å². The van der Waals surface area contributed by atoms with Gasteiger partial charge < -0.3 is 24.6 Å². The van der Waals surface area contributed by atoms with Gasteiger partial charge in [-0.15, -0.1) is 0 Å². The van der Waals surface area contributed by atoms with Gasteiger partial charge >= 0.3 is 18.0 Å². The zero-order chi connectivity index (χ0) is 27.9. The molecule has 4 rings (SSSR count). The largest absolute Gasteiger partial charge is 0.468 e. The first-order valence-electron chi connectivity index (χ1n) is 12.7. The Balaban J connectivity index is 0.000000230. The van der Waals surface area contributed by atoms with Crippen molar-refractivity contribution < 1.29 is 33.7 Å². The standard InChI is InChI=1S/C17H23NO5.C12H15NO2/c1-16(2,3)23-15(20)18-11-17(21,10-13(18)14(19)22-4)12-8-6-5-7-9-12;1-15-12(14)11-7-10(8-13-11)9-5-3-2-4-6-9/h5-9,13,21H,10-11H2,1-4H3;2-6,10-11,13H,7-8H2,1H3/t13-,17?;10-,11-/m00/s1. The predicted molar refractivity (Wildman–Crippen MR) is 141 cm³/mol. The van der Waals surface area contributed by atoms with Crippen LogP contribution in [0.2, 0.25) is 0 Å². The van der Waals surface area contributed by atoms with Gasteiger partial charge in [-0.25, -0.2) is 9.59 Å². The van der Waals surface area contributed by atoms with Crippen molar-refractivity contribution in [1.82, 2.24) is 10.2 Å². The zero-order valence-corrected chi connectivity index (χ0v) is 22.7. The Kier molecular flexibility index (Phi) is 9.51. The van der Waals surface area contributed by atoms with E-state index >= 15 is 0 Å². The number of β-amino-alcohol motifs (C(OH)–C–C–N with tert-alkyl or cyclic N) is 1. The van der Waals surface area contributed by atoms with Crippen LogP contribution in [0.4, 0.5) is 4.79 Å². The summed E-state index contributed by atoms with van der Waals surface area (Å²) in [5, 5.41) is 14.1. The molecule has 2 aromatic rings. The van der Waals surface area contributed by atoms with E-state index in [1.807, 2.05) is 24.3 Å². The van der Waals surface area contributed by atoms with Crippen molar-refractivity contribution in [3.63, 3.8) is 0 Å². The number of rotatable bonds is 4. The monoisotopic (exact) mass is 526 g/mol. The van der Waals surface area contributed by atoms with Gasteiger partial charge in [0.25, 0.3) is 0 Å². The summed E-state index contributed by atoms with van der Waals surface area (Å²) in [6.45, 7) is 6.07. The van der Waals surface area contributed by atoms with Crippen molar-refractivity contribution in [3.05, 3.63) is 71.8 Å². The van der Waals surface area contributed by atoms with Crippen molar-refractivity contribution in [2.75, 3.05) is 27.3 Å². The summed E-state index contributed by atoms with van der Waals surface area (Å²) in [5.74, 6) is -0.300. The van der Waals surface area contributed by atoms with Gasteiger partial charge in [-0.3, -0.25) is 9.69 Å². The molecule has 2 heterocycles. The molecule has 0 aromatic heterocycles. The Morgan fingerprint density at radius 3 is 2.08 bits per heavy atom. The molecule has 0 aliphatic carbocycles. The van der Waals surface area contributed by atoms with Gasteiger partial charge in [-0.05, 0) is 44.2 Å². The van der Waals surface area contributed by atoms with Gasteiger partial charge in [0.05, 0.1) is 20.8 Å². The first-order chi connectivity index (χ1) is 18.0. The van der Waals surface area contributed by atoms with Crippen LogP contribution in [0.5, 0.6) is 0 Å². The normalized spacial score (nSPS) is 24.7. The van der Waals surface area contributed by atoms with Crippen molar-refractivity contribution in [2.24, 2.45) is 0 Å². The Morgan fingerprint density at radius 1 is 0.947 bits per heavy atom. The third-order valence-electron chi connectivity index (χ3n) is 6.64. The van der Waals surface area contributed by atoms with Crippen LogP contribution < -0.4 is 5.32 Å². The Labute approximate surface area is 224 Å². The van der Waals surface area contributed by atoms with E-state index in [2.05, 4.69) is 17.4 Å². The molecule has 0 saturated carbocycles. The molecule has 38 heavy (non-hydrogen) atoms. The molecule has 2 saturated heterocycles. The molecule has 2 aliphatic heterocycles. The zero-order valence-electron chi connectivity index (χ0n) is 22.7. The number of likely N-dealkylation sites (tertiary alicyclic amines) is 1. The molecule has 1 amide bonds. The summed E-state index contributed by atoms with van der Waals surface area (Å²) in [5.41, 5.74) is -0.0567. The minimum absolute atomic E-state index is 0.0221. The maximum atomic E-state index is 12.4. The number of esters is 2. The lowest BCUT2D eigenvalue weighted by atomic mass is 9.91. The molecule has 0 bridgehead atoms. The number of carbonyl (C=O) groups is 3. The van der Waals surface area contributed by atoms with Gasteiger partial charge in [-0.1, -0.05) is 60.7 Å². The smallest absolute Gasteiger partial charge is 0.411 e. The highest BCUT2D eigenvalue weighted by Gasteiger charge is 2.50. The van der Waals surface area contributed by atoms with Crippen molar-refractivity contribution >= 4 is 18.0 Å². The van der Waals surface area contributed by atoms with Crippen LogP contribution in [0.25, 0.3) is 0 Å². The summed E-state index contributed by atoms with van der Waals surface area (Å²) in [4.78, 5) is 37.0. The molecule has 0 radical (unpaired) electrons. The minimum atomic E-state index is -1.31. The number of amides is 1. The van der Waals surface area contributed by atoms with Crippen LogP contribution in [0.1, 0.15) is 50.7 Å². The Morgan fingerprint density at radius 2 is 1.53 bits per heavy atom. The second kappa shape index (κ2) is 12.4. The molecule has 9 nitrogen and oxygen atoms in total. The number of methoxy groups -OCH3 is 2. The van der Waals surface area contributed by atoms with Crippen LogP contribution in [0.3, 0.4) is 0 Å². The lowest BCUT2D eigenvalue weighted by Gasteiger charge is -2.28. The predicted octanol–water partition coefficient (Wildman–Crippen LogP) is 3.36. The highest BCUT2D eigenvalue weighted by molar-refractivity contribution is 5.82. The number of hydrogen-bond acceptors (Lipinski definition) is 8. The van der Waals surface area contributed by atoms with Crippen LogP contribution in [0.15, 0.2) is 60.7 Å². The van der Waals surface area contributed by atoms with E-state index in [4.69, 9.17) is 14.2 Å². The number of ether oxygens (including phenoxy) is 3. The molecule has 2 aromatic carbocycles. The summed E-state index contributed by atoms with van der Waals surface area (Å²) in [7, 11) is 2.69. The molecular weight excluding hydrogens is 488 g/mol.